The summed E-state index contributed by atoms with van der Waals surface area (Å²) in [5.41, 5.74) is 3.19. The second-order valence-electron chi connectivity index (χ2n) is 4.99. The first-order valence-corrected chi connectivity index (χ1v) is 5.76. The first-order chi connectivity index (χ1) is 7.34. The maximum Gasteiger partial charge on any atom is 0.0775 e. The SMILES string of the molecule is NOCC1(c2cccc(C3CC3)c2)CC1. The van der Waals surface area contributed by atoms with Crippen LogP contribution in [0.2, 0.25) is 0 Å². The van der Waals surface area contributed by atoms with E-state index in [4.69, 9.17) is 10.7 Å². The molecular formula is C13H17NO. The van der Waals surface area contributed by atoms with Crippen LogP contribution < -0.4 is 5.90 Å². The predicted octanol–water partition coefficient (Wildman–Crippen LogP) is 2.49. The highest BCUT2D eigenvalue weighted by Gasteiger charge is 2.44. The molecule has 0 amide bonds. The van der Waals surface area contributed by atoms with Crippen molar-refractivity contribution in [3.8, 4) is 0 Å². The minimum Gasteiger partial charge on any atom is -0.304 e. The summed E-state index contributed by atoms with van der Waals surface area (Å²) in [4.78, 5) is 4.84. The summed E-state index contributed by atoms with van der Waals surface area (Å²) < 4.78 is 0. The van der Waals surface area contributed by atoms with Gasteiger partial charge in [0.1, 0.15) is 0 Å². The van der Waals surface area contributed by atoms with Crippen LogP contribution in [0.1, 0.15) is 42.7 Å². The van der Waals surface area contributed by atoms with Gasteiger partial charge in [-0.15, -0.1) is 0 Å². The van der Waals surface area contributed by atoms with Crippen molar-refractivity contribution in [1.82, 2.24) is 0 Å². The molecule has 1 aromatic rings. The number of nitrogens with two attached hydrogens (primary N) is 1. The molecule has 0 saturated heterocycles. The molecule has 2 aliphatic rings. The van der Waals surface area contributed by atoms with Gasteiger partial charge in [-0.2, -0.15) is 0 Å². The summed E-state index contributed by atoms with van der Waals surface area (Å²) in [6.07, 6.45) is 5.17. The quantitative estimate of drug-likeness (QED) is 0.763. The minimum atomic E-state index is 0.250. The van der Waals surface area contributed by atoms with Crippen molar-refractivity contribution in [2.75, 3.05) is 6.61 Å². The highest BCUT2D eigenvalue weighted by atomic mass is 16.6. The minimum absolute atomic E-state index is 0.250. The Morgan fingerprint density at radius 3 is 2.73 bits per heavy atom. The maximum atomic E-state index is 5.20. The van der Waals surface area contributed by atoms with Gasteiger partial charge in [0.2, 0.25) is 0 Å². The first kappa shape index (κ1) is 9.37. The van der Waals surface area contributed by atoms with Crippen molar-refractivity contribution >= 4 is 0 Å². The maximum absolute atomic E-state index is 5.20. The Morgan fingerprint density at radius 2 is 2.13 bits per heavy atom. The fourth-order valence-corrected chi connectivity index (χ4v) is 2.37. The van der Waals surface area contributed by atoms with Crippen LogP contribution in [-0.4, -0.2) is 6.61 Å². The molecule has 2 nitrogen and oxygen atoms in total. The molecule has 0 atom stereocenters. The summed E-state index contributed by atoms with van der Waals surface area (Å²) in [5.74, 6) is 6.04. The largest absolute Gasteiger partial charge is 0.304 e. The zero-order valence-electron chi connectivity index (χ0n) is 8.91. The van der Waals surface area contributed by atoms with Crippen molar-refractivity contribution in [3.05, 3.63) is 35.4 Å². The van der Waals surface area contributed by atoms with Crippen molar-refractivity contribution in [1.29, 1.82) is 0 Å². The summed E-state index contributed by atoms with van der Waals surface area (Å²) in [5, 5.41) is 0. The highest BCUT2D eigenvalue weighted by molar-refractivity contribution is 5.37. The van der Waals surface area contributed by atoms with E-state index in [9.17, 15) is 0 Å². The van der Waals surface area contributed by atoms with Crippen LogP contribution in [0.25, 0.3) is 0 Å². The van der Waals surface area contributed by atoms with Gasteiger partial charge in [0.05, 0.1) is 6.61 Å². The summed E-state index contributed by atoms with van der Waals surface area (Å²) in [6, 6.07) is 9.02. The third-order valence-corrected chi connectivity index (χ3v) is 3.76. The van der Waals surface area contributed by atoms with Crippen molar-refractivity contribution in [2.24, 2.45) is 5.90 Å². The molecule has 80 valence electrons. The zero-order chi connectivity index (χ0) is 10.3. The van der Waals surface area contributed by atoms with E-state index < -0.39 is 0 Å². The van der Waals surface area contributed by atoms with Crippen LogP contribution in [0.4, 0.5) is 0 Å². The molecule has 0 aromatic heterocycles. The number of hydrogen-bond donors (Lipinski definition) is 1. The fraction of sp³-hybridized carbons (Fsp3) is 0.538. The molecule has 1 aromatic carbocycles. The topological polar surface area (TPSA) is 35.2 Å². The van der Waals surface area contributed by atoms with Gasteiger partial charge in [-0.1, -0.05) is 24.3 Å². The third kappa shape index (κ3) is 1.68. The van der Waals surface area contributed by atoms with Crippen molar-refractivity contribution in [2.45, 2.75) is 37.0 Å². The van der Waals surface area contributed by atoms with Gasteiger partial charge in [0.15, 0.2) is 0 Å². The molecule has 2 N–H and O–H groups in total. The smallest absolute Gasteiger partial charge is 0.0775 e. The lowest BCUT2D eigenvalue weighted by Crippen LogP contribution is -2.18. The third-order valence-electron chi connectivity index (χ3n) is 3.76. The van der Waals surface area contributed by atoms with E-state index in [-0.39, 0.29) is 5.41 Å². The average Bonchev–Trinajstić information content (AvgIpc) is 3.14. The second kappa shape index (κ2) is 3.32. The van der Waals surface area contributed by atoms with Crippen LogP contribution in [0.15, 0.2) is 24.3 Å². The molecule has 2 aliphatic carbocycles. The van der Waals surface area contributed by atoms with Crippen LogP contribution in [0.3, 0.4) is 0 Å². The molecule has 2 fully saturated rings. The summed E-state index contributed by atoms with van der Waals surface area (Å²) in [6.45, 7) is 0.668. The second-order valence-corrected chi connectivity index (χ2v) is 4.99. The fourth-order valence-electron chi connectivity index (χ4n) is 2.37. The van der Waals surface area contributed by atoms with Crippen LogP contribution in [-0.2, 0) is 10.3 Å². The molecular weight excluding hydrogens is 186 g/mol. The van der Waals surface area contributed by atoms with Gasteiger partial charge in [-0.05, 0) is 42.7 Å². The predicted molar refractivity (Wildman–Crippen MR) is 59.5 cm³/mol. The van der Waals surface area contributed by atoms with Gasteiger partial charge in [0.25, 0.3) is 0 Å². The Kier molecular flexibility index (Phi) is 2.08. The molecule has 2 saturated carbocycles. The Hall–Kier alpha value is -0.860. The molecule has 0 bridgehead atoms. The molecule has 2 heteroatoms. The van der Waals surface area contributed by atoms with Gasteiger partial charge in [-0.25, -0.2) is 5.90 Å². The molecule has 0 unspecified atom stereocenters. The lowest BCUT2D eigenvalue weighted by atomic mass is 9.94. The summed E-state index contributed by atoms with van der Waals surface area (Å²) in [7, 11) is 0. The molecule has 0 spiro atoms. The Morgan fingerprint density at radius 1 is 1.33 bits per heavy atom. The van der Waals surface area contributed by atoms with E-state index in [1.54, 1.807) is 0 Å². The molecule has 15 heavy (non-hydrogen) atoms. The van der Waals surface area contributed by atoms with E-state index in [0.717, 1.165) is 5.92 Å². The van der Waals surface area contributed by atoms with Crippen molar-refractivity contribution < 1.29 is 4.84 Å². The van der Waals surface area contributed by atoms with Crippen molar-refractivity contribution in [3.63, 3.8) is 0 Å². The van der Waals surface area contributed by atoms with E-state index >= 15 is 0 Å². The van der Waals surface area contributed by atoms with E-state index in [2.05, 4.69) is 24.3 Å². The number of hydrogen-bond acceptors (Lipinski definition) is 2. The highest BCUT2D eigenvalue weighted by Crippen LogP contribution is 2.49. The van der Waals surface area contributed by atoms with Gasteiger partial charge >= 0.3 is 0 Å². The lowest BCUT2D eigenvalue weighted by Gasteiger charge is -2.14. The normalized spacial score (nSPS) is 22.7. The number of rotatable bonds is 4. The van der Waals surface area contributed by atoms with Gasteiger partial charge < -0.3 is 4.84 Å². The lowest BCUT2D eigenvalue weighted by molar-refractivity contribution is 0.116. The average molecular weight is 203 g/mol. The molecule has 3 rings (SSSR count). The standard InChI is InChI=1S/C13H17NO/c14-15-9-13(6-7-13)12-3-1-2-11(8-12)10-4-5-10/h1-3,8,10H,4-7,9,14H2. The Balaban J connectivity index is 1.87. The van der Waals surface area contributed by atoms with Crippen LogP contribution in [0, 0.1) is 0 Å². The Labute approximate surface area is 90.4 Å². The molecule has 0 aliphatic heterocycles. The first-order valence-electron chi connectivity index (χ1n) is 5.76. The number of benzene rings is 1. The van der Waals surface area contributed by atoms with Crippen LogP contribution in [0.5, 0.6) is 0 Å². The van der Waals surface area contributed by atoms with Crippen LogP contribution >= 0.6 is 0 Å². The molecule has 0 radical (unpaired) electrons. The van der Waals surface area contributed by atoms with E-state index in [1.807, 2.05) is 0 Å². The monoisotopic (exact) mass is 203 g/mol. The van der Waals surface area contributed by atoms with E-state index in [0.29, 0.717) is 6.61 Å². The summed E-state index contributed by atoms with van der Waals surface area (Å²) >= 11 is 0. The van der Waals surface area contributed by atoms with Gasteiger partial charge in [0, 0.05) is 5.41 Å². The van der Waals surface area contributed by atoms with Gasteiger partial charge in [-0.3, -0.25) is 0 Å². The zero-order valence-corrected chi connectivity index (χ0v) is 8.91. The molecule has 0 heterocycles. The van der Waals surface area contributed by atoms with E-state index in [1.165, 1.54) is 36.8 Å². The Bertz CT molecular complexity index is 367.